The van der Waals surface area contributed by atoms with Crippen molar-refractivity contribution in [2.24, 2.45) is 5.73 Å². The fraction of sp³-hybridized carbons (Fsp3) is 0.583. The van der Waals surface area contributed by atoms with Crippen LogP contribution < -0.4 is 17.0 Å². The van der Waals surface area contributed by atoms with Gasteiger partial charge >= 0.3 is 11.7 Å². The van der Waals surface area contributed by atoms with Crippen molar-refractivity contribution in [3.8, 4) is 0 Å². The molecule has 22 heavy (non-hydrogen) atoms. The van der Waals surface area contributed by atoms with Crippen LogP contribution in [0.4, 0.5) is 0 Å². The number of ether oxygens (including phenoxy) is 2. The minimum Gasteiger partial charge on any atom is -0.463 e. The topological polar surface area (TPSA) is 157 Å². The van der Waals surface area contributed by atoms with E-state index in [4.69, 9.17) is 15.2 Å². The summed E-state index contributed by atoms with van der Waals surface area (Å²) in [7, 11) is 0. The molecule has 0 bridgehead atoms. The SMILES string of the molecule is NCCC(=O)OC[C@H]1O[C@@H](n2ccc(=O)[nH]c2=O)[C@H](O)[C@@H]1O. The van der Waals surface area contributed by atoms with E-state index in [1.165, 1.54) is 0 Å². The van der Waals surface area contributed by atoms with Gasteiger partial charge in [0.25, 0.3) is 5.56 Å². The largest absolute Gasteiger partial charge is 0.463 e. The number of aliphatic hydroxyl groups excluding tert-OH is 2. The van der Waals surface area contributed by atoms with Gasteiger partial charge in [0.05, 0.1) is 6.42 Å². The van der Waals surface area contributed by atoms with Gasteiger partial charge in [-0.05, 0) is 0 Å². The first kappa shape index (κ1) is 16.4. The quantitative estimate of drug-likeness (QED) is 0.420. The lowest BCUT2D eigenvalue weighted by Crippen LogP contribution is -2.37. The maximum atomic E-state index is 11.7. The summed E-state index contributed by atoms with van der Waals surface area (Å²) in [5.74, 6) is -0.558. The molecular weight excluding hydrogens is 298 g/mol. The Balaban J connectivity index is 2.08. The van der Waals surface area contributed by atoms with E-state index in [1.54, 1.807) is 0 Å². The zero-order valence-electron chi connectivity index (χ0n) is 11.5. The molecule has 1 aromatic rings. The Labute approximate surface area is 124 Å². The second-order valence-electron chi connectivity index (χ2n) is 4.79. The highest BCUT2D eigenvalue weighted by Crippen LogP contribution is 2.28. The molecule has 1 saturated heterocycles. The number of carbonyl (C=O) groups excluding carboxylic acids is 1. The lowest BCUT2D eigenvalue weighted by atomic mass is 10.1. The average Bonchev–Trinajstić information content (AvgIpc) is 2.74. The van der Waals surface area contributed by atoms with Crippen molar-refractivity contribution in [2.45, 2.75) is 31.0 Å². The average molecular weight is 315 g/mol. The van der Waals surface area contributed by atoms with Crippen molar-refractivity contribution in [1.82, 2.24) is 9.55 Å². The van der Waals surface area contributed by atoms with E-state index in [9.17, 15) is 24.6 Å². The molecule has 0 radical (unpaired) electrons. The second-order valence-corrected chi connectivity index (χ2v) is 4.79. The van der Waals surface area contributed by atoms with E-state index in [-0.39, 0.29) is 19.6 Å². The summed E-state index contributed by atoms with van der Waals surface area (Å²) >= 11 is 0. The minimum atomic E-state index is -1.41. The molecule has 2 heterocycles. The zero-order chi connectivity index (χ0) is 16.3. The molecule has 0 aromatic carbocycles. The van der Waals surface area contributed by atoms with Gasteiger partial charge in [-0.15, -0.1) is 0 Å². The molecule has 1 aliphatic heterocycles. The van der Waals surface area contributed by atoms with Crippen LogP contribution in [0.1, 0.15) is 12.6 Å². The molecule has 0 unspecified atom stereocenters. The van der Waals surface area contributed by atoms with E-state index >= 15 is 0 Å². The van der Waals surface area contributed by atoms with Crippen LogP contribution in [0.25, 0.3) is 0 Å². The third-order valence-electron chi connectivity index (χ3n) is 3.22. The van der Waals surface area contributed by atoms with Gasteiger partial charge in [0.1, 0.15) is 24.9 Å². The van der Waals surface area contributed by atoms with Crippen molar-refractivity contribution in [3.05, 3.63) is 33.1 Å². The summed E-state index contributed by atoms with van der Waals surface area (Å²) < 4.78 is 11.2. The molecule has 1 fully saturated rings. The van der Waals surface area contributed by atoms with Crippen LogP contribution in [0.5, 0.6) is 0 Å². The lowest BCUT2D eigenvalue weighted by Gasteiger charge is -2.16. The molecule has 0 spiro atoms. The van der Waals surface area contributed by atoms with E-state index in [0.717, 1.165) is 16.8 Å². The predicted molar refractivity (Wildman–Crippen MR) is 71.9 cm³/mol. The summed E-state index contributed by atoms with van der Waals surface area (Å²) in [6.07, 6.45) is -3.80. The molecule has 122 valence electrons. The predicted octanol–water partition coefficient (Wildman–Crippen LogP) is -2.95. The van der Waals surface area contributed by atoms with E-state index < -0.39 is 41.8 Å². The van der Waals surface area contributed by atoms with Crippen molar-refractivity contribution >= 4 is 5.97 Å². The van der Waals surface area contributed by atoms with Gasteiger partial charge in [-0.2, -0.15) is 0 Å². The third kappa shape index (κ3) is 3.42. The third-order valence-corrected chi connectivity index (χ3v) is 3.22. The van der Waals surface area contributed by atoms with Gasteiger partial charge in [0.2, 0.25) is 0 Å². The van der Waals surface area contributed by atoms with Crippen LogP contribution in [-0.2, 0) is 14.3 Å². The molecule has 0 saturated carbocycles. The highest BCUT2D eigenvalue weighted by molar-refractivity contribution is 5.69. The molecule has 1 aromatic heterocycles. The normalized spacial score (nSPS) is 27.8. The van der Waals surface area contributed by atoms with Gasteiger partial charge in [-0.25, -0.2) is 4.79 Å². The van der Waals surface area contributed by atoms with E-state index in [0.29, 0.717) is 0 Å². The Hall–Kier alpha value is -2.01. The number of aliphatic hydroxyl groups is 2. The van der Waals surface area contributed by atoms with Crippen LogP contribution in [0, 0.1) is 0 Å². The Morgan fingerprint density at radius 2 is 2.14 bits per heavy atom. The van der Waals surface area contributed by atoms with Crippen molar-refractivity contribution < 1.29 is 24.5 Å². The van der Waals surface area contributed by atoms with Crippen molar-refractivity contribution in [2.75, 3.05) is 13.2 Å². The molecule has 10 heteroatoms. The molecule has 4 atom stereocenters. The number of carbonyl (C=O) groups is 1. The van der Waals surface area contributed by atoms with Gasteiger partial charge in [0.15, 0.2) is 6.23 Å². The first-order chi connectivity index (χ1) is 10.4. The number of esters is 1. The summed E-state index contributed by atoms with van der Waals surface area (Å²) in [4.78, 5) is 35.9. The minimum absolute atomic E-state index is 0.0220. The Morgan fingerprint density at radius 3 is 2.77 bits per heavy atom. The van der Waals surface area contributed by atoms with Crippen LogP contribution in [0.15, 0.2) is 21.9 Å². The Morgan fingerprint density at radius 1 is 1.41 bits per heavy atom. The van der Waals surface area contributed by atoms with Crippen LogP contribution in [0.3, 0.4) is 0 Å². The highest BCUT2D eigenvalue weighted by Gasteiger charge is 2.44. The monoisotopic (exact) mass is 315 g/mol. The smallest absolute Gasteiger partial charge is 0.330 e. The van der Waals surface area contributed by atoms with Crippen molar-refractivity contribution in [3.63, 3.8) is 0 Å². The lowest BCUT2D eigenvalue weighted by molar-refractivity contribution is -0.149. The molecule has 1 aliphatic rings. The van der Waals surface area contributed by atoms with Gasteiger partial charge < -0.3 is 25.4 Å². The second kappa shape index (κ2) is 6.83. The molecule has 2 rings (SSSR count). The molecule has 10 nitrogen and oxygen atoms in total. The number of hydrogen-bond donors (Lipinski definition) is 4. The first-order valence-electron chi connectivity index (χ1n) is 6.63. The summed E-state index contributed by atoms with van der Waals surface area (Å²) in [6, 6.07) is 1.08. The summed E-state index contributed by atoms with van der Waals surface area (Å²) in [5.41, 5.74) is 3.82. The number of hydrogen-bond acceptors (Lipinski definition) is 8. The summed E-state index contributed by atoms with van der Waals surface area (Å²) in [5, 5.41) is 19.9. The van der Waals surface area contributed by atoms with Crippen LogP contribution >= 0.6 is 0 Å². The fourth-order valence-corrected chi connectivity index (χ4v) is 2.09. The van der Waals surface area contributed by atoms with Crippen LogP contribution in [0.2, 0.25) is 0 Å². The van der Waals surface area contributed by atoms with Crippen molar-refractivity contribution in [1.29, 1.82) is 0 Å². The molecule has 5 N–H and O–H groups in total. The molecule has 0 aliphatic carbocycles. The number of nitrogens with zero attached hydrogens (tertiary/aromatic N) is 1. The maximum absolute atomic E-state index is 11.7. The number of aromatic nitrogens is 2. The Kier molecular flexibility index (Phi) is 5.08. The summed E-state index contributed by atoms with van der Waals surface area (Å²) in [6.45, 7) is -0.156. The number of aromatic amines is 1. The number of nitrogens with one attached hydrogen (secondary N) is 1. The Bertz CT molecular complexity index is 640. The van der Waals surface area contributed by atoms with E-state index in [2.05, 4.69) is 0 Å². The van der Waals surface area contributed by atoms with Gasteiger partial charge in [0, 0.05) is 18.8 Å². The standard InChI is InChI=1S/C12H17N3O7/c13-3-1-8(17)21-5-6-9(18)10(19)11(22-6)15-4-2-7(16)14-12(15)20/h2,4,6,9-11,18-19H,1,3,5,13H2,(H,14,16,20)/t6-,9-,10-,11-/m1/s1. The maximum Gasteiger partial charge on any atom is 0.330 e. The van der Waals surface area contributed by atoms with Crippen LogP contribution in [-0.4, -0.2) is 57.2 Å². The van der Waals surface area contributed by atoms with E-state index in [1.807, 2.05) is 4.98 Å². The van der Waals surface area contributed by atoms with Gasteiger partial charge in [-0.1, -0.05) is 0 Å². The first-order valence-corrected chi connectivity index (χ1v) is 6.63. The molecule has 0 amide bonds. The fourth-order valence-electron chi connectivity index (χ4n) is 2.09. The number of nitrogens with two attached hydrogens (primary N) is 1. The number of rotatable bonds is 5. The molecular formula is C12H17N3O7. The highest BCUT2D eigenvalue weighted by atomic mass is 16.6. The zero-order valence-corrected chi connectivity index (χ0v) is 11.5. The number of H-pyrrole nitrogens is 1. The van der Waals surface area contributed by atoms with Gasteiger partial charge in [-0.3, -0.25) is 19.1 Å².